The first kappa shape index (κ1) is 18.6. The lowest BCUT2D eigenvalue weighted by atomic mass is 9.96. The molecule has 25 heavy (non-hydrogen) atoms. The van der Waals surface area contributed by atoms with Crippen LogP contribution in [0.1, 0.15) is 29.3 Å². The molecule has 1 aliphatic carbocycles. The number of benzene rings is 1. The van der Waals surface area contributed by atoms with Gasteiger partial charge in [-0.3, -0.25) is 14.6 Å². The van der Waals surface area contributed by atoms with E-state index in [4.69, 9.17) is 5.26 Å². The SMILES string of the molecule is CCOC(=O)C(C=N[C@@H]1C[C@@H]1F)C(=O)c1cc(F)c(F)c(C#N)c1F. The lowest BCUT2D eigenvalue weighted by Crippen LogP contribution is -2.29. The van der Waals surface area contributed by atoms with Crippen LogP contribution >= 0.6 is 0 Å². The Kier molecular flexibility index (Phi) is 5.51. The summed E-state index contributed by atoms with van der Waals surface area (Å²) < 4.78 is 58.6. The molecular weight excluding hydrogens is 344 g/mol. The number of hydrogen-bond donors (Lipinski definition) is 0. The Balaban J connectivity index is 2.42. The van der Waals surface area contributed by atoms with E-state index in [2.05, 4.69) is 9.73 Å². The normalized spacial score (nSPS) is 20.2. The average molecular weight is 356 g/mol. The molecule has 9 heteroatoms. The summed E-state index contributed by atoms with van der Waals surface area (Å²) in [5, 5.41) is 8.71. The van der Waals surface area contributed by atoms with Gasteiger partial charge in [0.15, 0.2) is 29.2 Å². The van der Waals surface area contributed by atoms with Gasteiger partial charge < -0.3 is 4.74 Å². The fraction of sp³-hybridized carbons (Fsp3) is 0.375. The van der Waals surface area contributed by atoms with E-state index >= 15 is 0 Å². The third-order valence-electron chi connectivity index (χ3n) is 3.46. The molecule has 2 rings (SSSR count). The number of ketones is 1. The highest BCUT2D eigenvalue weighted by Crippen LogP contribution is 2.29. The molecule has 1 aliphatic rings. The van der Waals surface area contributed by atoms with Gasteiger partial charge in [-0.1, -0.05) is 0 Å². The van der Waals surface area contributed by atoms with Gasteiger partial charge >= 0.3 is 5.97 Å². The zero-order valence-corrected chi connectivity index (χ0v) is 12.9. The van der Waals surface area contributed by atoms with Crippen molar-refractivity contribution in [2.45, 2.75) is 25.6 Å². The molecule has 1 aromatic rings. The van der Waals surface area contributed by atoms with Crippen molar-refractivity contribution in [2.75, 3.05) is 6.61 Å². The molecule has 5 nitrogen and oxygen atoms in total. The highest BCUT2D eigenvalue weighted by atomic mass is 19.2. The monoisotopic (exact) mass is 356 g/mol. The Labute approximate surface area is 139 Å². The zero-order valence-electron chi connectivity index (χ0n) is 12.9. The molecule has 0 heterocycles. The van der Waals surface area contributed by atoms with E-state index in [1.165, 1.54) is 6.92 Å². The standard InChI is InChI=1S/C16H12F4N2O3/c1-2-25-16(24)9(6-22-12-4-10(12)17)15(23)7-3-11(18)14(20)8(5-21)13(7)19/h3,6,9-10,12H,2,4H2,1H3/t9?,10-,12+/m0/s1. The number of Topliss-reactive ketones (excluding diaryl/α,β-unsaturated/α-hetero) is 1. The van der Waals surface area contributed by atoms with Crippen LogP contribution in [0.5, 0.6) is 0 Å². The van der Waals surface area contributed by atoms with Gasteiger partial charge in [0.1, 0.15) is 17.8 Å². The summed E-state index contributed by atoms with van der Waals surface area (Å²) in [6, 6.07) is 0.657. The van der Waals surface area contributed by atoms with Crippen molar-refractivity contribution in [1.82, 2.24) is 0 Å². The van der Waals surface area contributed by atoms with E-state index in [-0.39, 0.29) is 19.1 Å². The second-order valence-corrected chi connectivity index (χ2v) is 5.23. The lowest BCUT2D eigenvalue weighted by Gasteiger charge is -2.12. The number of carbonyl (C=O) groups is 2. The van der Waals surface area contributed by atoms with Crippen LogP contribution < -0.4 is 0 Å². The van der Waals surface area contributed by atoms with Crippen LogP contribution in [0.2, 0.25) is 0 Å². The maximum absolute atomic E-state index is 14.1. The topological polar surface area (TPSA) is 79.5 Å². The number of ether oxygens (including phenoxy) is 1. The average Bonchev–Trinajstić information content (AvgIpc) is 3.27. The number of nitrogens with zero attached hydrogens (tertiary/aromatic N) is 2. The van der Waals surface area contributed by atoms with Gasteiger partial charge in [0.25, 0.3) is 0 Å². The Morgan fingerprint density at radius 1 is 1.44 bits per heavy atom. The summed E-state index contributed by atoms with van der Waals surface area (Å²) in [5.74, 6) is -9.09. The molecule has 0 aromatic heterocycles. The van der Waals surface area contributed by atoms with Crippen LogP contribution in [0.4, 0.5) is 17.6 Å². The van der Waals surface area contributed by atoms with Crippen molar-refractivity contribution in [3.8, 4) is 6.07 Å². The maximum Gasteiger partial charge on any atom is 0.322 e. The van der Waals surface area contributed by atoms with E-state index in [1.54, 1.807) is 0 Å². The van der Waals surface area contributed by atoms with E-state index in [9.17, 15) is 27.2 Å². The minimum absolute atomic E-state index is 0.102. The van der Waals surface area contributed by atoms with Crippen LogP contribution in [-0.2, 0) is 9.53 Å². The molecule has 0 aliphatic heterocycles. The van der Waals surface area contributed by atoms with Gasteiger partial charge in [0.05, 0.1) is 18.2 Å². The molecule has 0 saturated heterocycles. The molecular formula is C16H12F4N2O3. The van der Waals surface area contributed by atoms with Crippen molar-refractivity contribution in [3.05, 3.63) is 34.6 Å². The third-order valence-corrected chi connectivity index (χ3v) is 3.46. The minimum Gasteiger partial charge on any atom is -0.465 e. The Bertz CT molecular complexity index is 789. The fourth-order valence-electron chi connectivity index (χ4n) is 2.02. The van der Waals surface area contributed by atoms with Crippen molar-refractivity contribution >= 4 is 18.0 Å². The first-order valence-corrected chi connectivity index (χ1v) is 7.27. The number of nitriles is 1. The van der Waals surface area contributed by atoms with Gasteiger partial charge in [-0.15, -0.1) is 0 Å². The van der Waals surface area contributed by atoms with Crippen molar-refractivity contribution in [3.63, 3.8) is 0 Å². The summed E-state index contributed by atoms with van der Waals surface area (Å²) in [5.41, 5.74) is -2.28. The van der Waals surface area contributed by atoms with Gasteiger partial charge in [0, 0.05) is 12.6 Å². The molecule has 0 bridgehead atoms. The van der Waals surface area contributed by atoms with E-state index in [1.807, 2.05) is 0 Å². The lowest BCUT2D eigenvalue weighted by molar-refractivity contribution is -0.143. The number of aliphatic imine (C=N–C) groups is 1. The smallest absolute Gasteiger partial charge is 0.322 e. The fourth-order valence-corrected chi connectivity index (χ4v) is 2.02. The van der Waals surface area contributed by atoms with Crippen molar-refractivity contribution < 1.29 is 31.9 Å². The molecule has 132 valence electrons. The van der Waals surface area contributed by atoms with Crippen LogP contribution in [0, 0.1) is 34.7 Å². The third kappa shape index (κ3) is 3.84. The predicted octanol–water partition coefficient (Wildman–Crippen LogP) is 2.52. The highest BCUT2D eigenvalue weighted by molar-refractivity contribution is 6.18. The first-order chi connectivity index (χ1) is 11.8. The molecule has 1 unspecified atom stereocenters. The van der Waals surface area contributed by atoms with Gasteiger partial charge in [-0.2, -0.15) is 5.26 Å². The number of halogens is 4. The molecule has 1 saturated carbocycles. The molecule has 1 fully saturated rings. The number of hydrogen-bond acceptors (Lipinski definition) is 5. The Morgan fingerprint density at radius 3 is 2.60 bits per heavy atom. The van der Waals surface area contributed by atoms with E-state index in [0.717, 1.165) is 12.3 Å². The van der Waals surface area contributed by atoms with E-state index < -0.39 is 58.5 Å². The van der Waals surface area contributed by atoms with Crippen LogP contribution in [0.15, 0.2) is 11.1 Å². The second kappa shape index (κ2) is 7.42. The summed E-state index contributed by atoms with van der Waals surface area (Å²) in [4.78, 5) is 28.0. The molecule has 3 atom stereocenters. The Hall–Kier alpha value is -2.76. The first-order valence-electron chi connectivity index (χ1n) is 7.27. The van der Waals surface area contributed by atoms with Gasteiger partial charge in [-0.25, -0.2) is 17.6 Å². The largest absolute Gasteiger partial charge is 0.465 e. The van der Waals surface area contributed by atoms with Gasteiger partial charge in [-0.05, 0) is 13.0 Å². The summed E-state index contributed by atoms with van der Waals surface area (Å²) in [6.45, 7) is 1.36. The maximum atomic E-state index is 14.1. The van der Waals surface area contributed by atoms with Crippen LogP contribution in [0.25, 0.3) is 0 Å². The van der Waals surface area contributed by atoms with Crippen LogP contribution in [0.3, 0.4) is 0 Å². The quantitative estimate of drug-likeness (QED) is 0.196. The van der Waals surface area contributed by atoms with Crippen molar-refractivity contribution in [1.29, 1.82) is 5.26 Å². The number of alkyl halides is 1. The van der Waals surface area contributed by atoms with Gasteiger partial charge in [0.2, 0.25) is 0 Å². The van der Waals surface area contributed by atoms with Crippen molar-refractivity contribution in [2.24, 2.45) is 10.9 Å². The molecule has 0 spiro atoms. The second-order valence-electron chi connectivity index (χ2n) is 5.23. The highest BCUT2D eigenvalue weighted by Gasteiger charge is 2.38. The predicted molar refractivity (Wildman–Crippen MR) is 77.3 cm³/mol. The van der Waals surface area contributed by atoms with Crippen LogP contribution in [-0.4, -0.2) is 36.8 Å². The summed E-state index contributed by atoms with van der Waals surface area (Å²) >= 11 is 0. The number of esters is 1. The molecule has 0 N–H and O–H groups in total. The summed E-state index contributed by atoms with van der Waals surface area (Å²) in [7, 11) is 0. The molecule has 0 amide bonds. The Morgan fingerprint density at radius 2 is 2.08 bits per heavy atom. The molecule has 0 radical (unpaired) electrons. The van der Waals surface area contributed by atoms with E-state index in [0.29, 0.717) is 0 Å². The summed E-state index contributed by atoms with van der Waals surface area (Å²) in [6.07, 6.45) is -0.269. The number of carbonyl (C=O) groups excluding carboxylic acids is 2. The number of rotatable bonds is 6. The molecule has 1 aromatic carbocycles. The minimum atomic E-state index is -1.77. The zero-order chi connectivity index (χ0) is 18.7.